The van der Waals surface area contributed by atoms with Crippen LogP contribution in [0.5, 0.6) is 5.75 Å². The average Bonchev–Trinajstić information content (AvgIpc) is 3.32. The fourth-order valence-corrected chi connectivity index (χ4v) is 4.07. The molecule has 1 unspecified atom stereocenters. The van der Waals surface area contributed by atoms with Gasteiger partial charge in [-0.3, -0.25) is 9.69 Å². The number of rotatable bonds is 6. The summed E-state index contributed by atoms with van der Waals surface area (Å²) >= 11 is 1.51. The molecule has 4 rings (SSSR count). The van der Waals surface area contributed by atoms with Crippen LogP contribution in [0.1, 0.15) is 11.6 Å². The summed E-state index contributed by atoms with van der Waals surface area (Å²) in [7, 11) is 1.43. The van der Waals surface area contributed by atoms with E-state index in [4.69, 9.17) is 4.74 Å². The van der Waals surface area contributed by atoms with Crippen molar-refractivity contribution in [3.63, 3.8) is 0 Å². The van der Waals surface area contributed by atoms with E-state index >= 15 is 0 Å². The maximum atomic E-state index is 13.2. The predicted molar refractivity (Wildman–Crippen MR) is 120 cm³/mol. The van der Waals surface area contributed by atoms with Gasteiger partial charge in [0.25, 0.3) is 0 Å². The highest BCUT2D eigenvalue weighted by Gasteiger charge is 2.32. The first-order valence-corrected chi connectivity index (χ1v) is 10.9. The highest BCUT2D eigenvalue weighted by molar-refractivity contribution is 7.08. The molecule has 0 bridgehead atoms. The molecule has 8 nitrogen and oxygen atoms in total. The number of alkyl halides is 3. The quantitative estimate of drug-likeness (QED) is 0.526. The van der Waals surface area contributed by atoms with E-state index in [9.17, 15) is 22.8 Å². The van der Waals surface area contributed by atoms with Gasteiger partial charge in [0, 0.05) is 18.1 Å². The first-order valence-electron chi connectivity index (χ1n) is 9.99. The van der Waals surface area contributed by atoms with E-state index in [2.05, 4.69) is 20.4 Å². The molecule has 3 aromatic rings. The summed E-state index contributed by atoms with van der Waals surface area (Å²) in [5.41, 5.74) is 2.40. The molecule has 2 N–H and O–H groups in total. The molecule has 34 heavy (non-hydrogen) atoms. The van der Waals surface area contributed by atoms with Crippen LogP contribution in [0, 0.1) is 0 Å². The molecule has 1 aromatic carbocycles. The first kappa shape index (κ1) is 23.5. The second kappa shape index (κ2) is 9.69. The lowest BCUT2D eigenvalue weighted by molar-refractivity contribution is -0.274. The molecule has 0 saturated heterocycles. The van der Waals surface area contributed by atoms with Gasteiger partial charge in [-0.25, -0.2) is 9.78 Å². The molecular formula is C22H19F3N4O4S. The molecule has 1 aliphatic rings. The molecule has 2 aromatic heterocycles. The molecule has 0 saturated carbocycles. The lowest BCUT2D eigenvalue weighted by atomic mass is 10.1. The molecule has 0 radical (unpaired) electrons. The number of benzene rings is 1. The van der Waals surface area contributed by atoms with E-state index in [1.54, 1.807) is 12.1 Å². The highest BCUT2D eigenvalue weighted by Crippen LogP contribution is 2.32. The summed E-state index contributed by atoms with van der Waals surface area (Å²) in [6.07, 6.45) is -4.81. The summed E-state index contributed by atoms with van der Waals surface area (Å²) < 4.78 is 46.3. The fraction of sp³-hybridized carbons (Fsp3) is 0.227. The van der Waals surface area contributed by atoms with Crippen LogP contribution in [0.25, 0.3) is 11.3 Å². The van der Waals surface area contributed by atoms with Gasteiger partial charge in [-0.05, 0) is 41.3 Å². The Kier molecular flexibility index (Phi) is 6.70. The van der Waals surface area contributed by atoms with Crippen molar-refractivity contribution in [2.24, 2.45) is 0 Å². The average molecular weight is 492 g/mol. The number of anilines is 2. The molecule has 0 fully saturated rings. The molecule has 12 heteroatoms. The number of hydrogen-bond acceptors (Lipinski definition) is 6. The van der Waals surface area contributed by atoms with Gasteiger partial charge in [-0.15, -0.1) is 13.2 Å². The van der Waals surface area contributed by atoms with Crippen LogP contribution in [0.2, 0.25) is 0 Å². The Labute approximate surface area is 196 Å². The molecular weight excluding hydrogens is 473 g/mol. The van der Waals surface area contributed by atoms with Crippen molar-refractivity contribution in [3.8, 4) is 17.0 Å². The number of hydrogen-bond donors (Lipinski definition) is 2. The number of amides is 3. The zero-order valence-corrected chi connectivity index (χ0v) is 18.6. The minimum absolute atomic E-state index is 0.0421. The Morgan fingerprint density at radius 3 is 2.65 bits per heavy atom. The third-order valence-corrected chi connectivity index (χ3v) is 5.60. The summed E-state index contributed by atoms with van der Waals surface area (Å²) in [5.74, 6) is -0.485. The summed E-state index contributed by atoms with van der Waals surface area (Å²) in [6, 6.07) is 9.11. The number of nitrogens with one attached hydrogen (secondary N) is 2. The Hall–Kier alpha value is -3.64. The number of aromatic nitrogens is 1. The van der Waals surface area contributed by atoms with Crippen LogP contribution >= 0.6 is 11.3 Å². The Bertz CT molecular complexity index is 1170. The topological polar surface area (TPSA) is 92.8 Å². The van der Waals surface area contributed by atoms with Gasteiger partial charge in [0.1, 0.15) is 12.3 Å². The number of nitrogens with zero attached hydrogens (tertiary/aromatic N) is 2. The van der Waals surface area contributed by atoms with Crippen LogP contribution < -0.4 is 20.3 Å². The van der Waals surface area contributed by atoms with E-state index < -0.39 is 18.4 Å². The smallest absolute Gasteiger partial charge is 0.406 e. The third kappa shape index (κ3) is 5.46. The number of methoxy groups -OCH3 is 1. The van der Waals surface area contributed by atoms with Crippen molar-refractivity contribution in [3.05, 3.63) is 58.8 Å². The van der Waals surface area contributed by atoms with E-state index in [1.165, 1.54) is 35.5 Å². The maximum absolute atomic E-state index is 13.2. The number of thiophene rings is 1. The highest BCUT2D eigenvalue weighted by atomic mass is 32.1. The number of ether oxygens (including phenoxy) is 2. The molecule has 1 atom stereocenters. The Balaban J connectivity index is 1.57. The molecule has 3 heterocycles. The minimum Gasteiger partial charge on any atom is -0.406 e. The maximum Gasteiger partial charge on any atom is 0.573 e. The van der Waals surface area contributed by atoms with Crippen LogP contribution in [0.15, 0.2) is 53.2 Å². The van der Waals surface area contributed by atoms with Crippen LogP contribution in [-0.4, -0.2) is 43.5 Å². The van der Waals surface area contributed by atoms with Crippen LogP contribution in [0.3, 0.4) is 0 Å². The van der Waals surface area contributed by atoms with E-state index in [1.807, 2.05) is 16.8 Å². The van der Waals surface area contributed by atoms with Crippen molar-refractivity contribution < 1.29 is 32.2 Å². The second-order valence-corrected chi connectivity index (χ2v) is 8.07. The molecule has 1 aliphatic heterocycles. The number of pyridine rings is 1. The SMILES string of the molecule is COCC(NC(=O)N1CC(=O)Nc2ccc(-c3ccsc3)nc21)c1ccc(OC(F)(F)F)cc1. The molecule has 178 valence electrons. The second-order valence-electron chi connectivity index (χ2n) is 7.29. The minimum atomic E-state index is -4.81. The van der Waals surface area contributed by atoms with Crippen LogP contribution in [-0.2, 0) is 9.53 Å². The van der Waals surface area contributed by atoms with Crippen molar-refractivity contribution >= 4 is 34.8 Å². The van der Waals surface area contributed by atoms with E-state index in [0.717, 1.165) is 17.7 Å². The first-order chi connectivity index (χ1) is 16.2. The van der Waals surface area contributed by atoms with E-state index in [-0.39, 0.29) is 30.6 Å². The van der Waals surface area contributed by atoms with Gasteiger partial charge in [-0.2, -0.15) is 11.3 Å². The van der Waals surface area contributed by atoms with Gasteiger partial charge >= 0.3 is 12.4 Å². The van der Waals surface area contributed by atoms with Gasteiger partial charge in [0.15, 0.2) is 5.82 Å². The van der Waals surface area contributed by atoms with Gasteiger partial charge in [0.2, 0.25) is 5.91 Å². The predicted octanol–water partition coefficient (Wildman–Crippen LogP) is 4.56. The summed E-state index contributed by atoms with van der Waals surface area (Å²) in [6.45, 7) is -0.211. The Morgan fingerprint density at radius 2 is 2.00 bits per heavy atom. The largest absolute Gasteiger partial charge is 0.573 e. The van der Waals surface area contributed by atoms with Crippen molar-refractivity contribution in [2.75, 3.05) is 30.5 Å². The lowest BCUT2D eigenvalue weighted by Gasteiger charge is -2.30. The number of halogens is 3. The number of urea groups is 1. The summed E-state index contributed by atoms with van der Waals surface area (Å²) in [4.78, 5) is 31.2. The zero-order valence-electron chi connectivity index (χ0n) is 17.8. The van der Waals surface area contributed by atoms with E-state index in [0.29, 0.717) is 16.9 Å². The lowest BCUT2D eigenvalue weighted by Crippen LogP contribution is -2.49. The van der Waals surface area contributed by atoms with Crippen LogP contribution in [0.4, 0.5) is 29.5 Å². The van der Waals surface area contributed by atoms with Gasteiger partial charge in [0.05, 0.1) is 24.0 Å². The van der Waals surface area contributed by atoms with Gasteiger partial charge in [-0.1, -0.05) is 12.1 Å². The molecule has 0 spiro atoms. The van der Waals surface area contributed by atoms with Crippen molar-refractivity contribution in [1.82, 2.24) is 10.3 Å². The number of carbonyl (C=O) groups is 2. The standard InChI is InChI=1S/C22H19F3N4O4S/c1-32-11-18(13-2-4-15(5-3-13)33-22(23,24)25)28-21(31)29-10-19(30)26-17-7-6-16(27-20(17)29)14-8-9-34-12-14/h2-9,12,18H,10-11H2,1H3,(H,26,30)(H,28,31). The summed E-state index contributed by atoms with van der Waals surface area (Å²) in [5, 5.41) is 9.29. The monoisotopic (exact) mass is 492 g/mol. The molecule has 3 amide bonds. The number of fused-ring (bicyclic) bond motifs is 1. The van der Waals surface area contributed by atoms with Crippen molar-refractivity contribution in [1.29, 1.82) is 0 Å². The fourth-order valence-electron chi connectivity index (χ4n) is 3.42. The Morgan fingerprint density at radius 1 is 1.24 bits per heavy atom. The van der Waals surface area contributed by atoms with Gasteiger partial charge < -0.3 is 20.1 Å². The third-order valence-electron chi connectivity index (χ3n) is 4.92. The normalized spacial score (nSPS) is 14.2. The number of carbonyl (C=O) groups excluding carboxylic acids is 2. The van der Waals surface area contributed by atoms with Crippen molar-refractivity contribution in [2.45, 2.75) is 12.4 Å². The zero-order chi connectivity index (χ0) is 24.3. The molecule has 0 aliphatic carbocycles.